The second-order valence-corrected chi connectivity index (χ2v) is 4.39. The number of carbonyl (C=O) groups is 1. The number of carbonyl (C=O) groups excluding carboxylic acids is 1. The molecule has 14 heavy (non-hydrogen) atoms. The summed E-state index contributed by atoms with van der Waals surface area (Å²) < 4.78 is 5.27. The third kappa shape index (κ3) is 2.07. The fourth-order valence-electron chi connectivity index (χ4n) is 2.19. The minimum Gasteiger partial charge on any atom is -0.381 e. The van der Waals surface area contributed by atoms with Crippen LogP contribution in [-0.2, 0) is 9.53 Å². The Balaban J connectivity index is 1.91. The van der Waals surface area contributed by atoms with Crippen LogP contribution >= 0.6 is 0 Å². The van der Waals surface area contributed by atoms with E-state index in [9.17, 15) is 4.79 Å². The van der Waals surface area contributed by atoms with Crippen LogP contribution in [0.5, 0.6) is 0 Å². The third-order valence-electron chi connectivity index (χ3n) is 3.17. The van der Waals surface area contributed by atoms with Gasteiger partial charge in [0, 0.05) is 38.3 Å². The van der Waals surface area contributed by atoms with Crippen molar-refractivity contribution < 1.29 is 9.53 Å². The van der Waals surface area contributed by atoms with Crippen LogP contribution in [0.1, 0.15) is 25.7 Å². The summed E-state index contributed by atoms with van der Waals surface area (Å²) in [5, 5.41) is 0. The number of hydrogen-bond acceptors (Lipinski definition) is 3. The lowest BCUT2D eigenvalue weighted by atomic mass is 9.91. The van der Waals surface area contributed by atoms with Gasteiger partial charge in [-0.05, 0) is 19.3 Å². The number of rotatable bonds is 2. The molecule has 0 aromatic heterocycles. The molecule has 2 rings (SSSR count). The van der Waals surface area contributed by atoms with Crippen molar-refractivity contribution in [3.8, 4) is 0 Å². The Labute approximate surface area is 84.4 Å². The molecule has 80 valence electrons. The largest absolute Gasteiger partial charge is 0.381 e. The van der Waals surface area contributed by atoms with Crippen molar-refractivity contribution in [3.05, 3.63) is 0 Å². The van der Waals surface area contributed by atoms with Crippen molar-refractivity contribution in [2.45, 2.75) is 31.2 Å². The second kappa shape index (κ2) is 3.87. The minimum atomic E-state index is -0.196. The lowest BCUT2D eigenvalue weighted by Gasteiger charge is -2.36. The van der Waals surface area contributed by atoms with Crippen LogP contribution < -0.4 is 5.73 Å². The standard InChI is InChI=1S/C10H18N2O2/c11-10(3-6-14-7-4-10)8-12-5-1-2-9(12)13/h1-8,11H2. The van der Waals surface area contributed by atoms with Crippen LogP contribution in [0, 0.1) is 0 Å². The van der Waals surface area contributed by atoms with Crippen LogP contribution in [0.4, 0.5) is 0 Å². The maximum Gasteiger partial charge on any atom is 0.222 e. The van der Waals surface area contributed by atoms with E-state index in [0.29, 0.717) is 6.42 Å². The molecule has 0 saturated carbocycles. The predicted molar refractivity (Wildman–Crippen MR) is 52.8 cm³/mol. The van der Waals surface area contributed by atoms with Crippen LogP contribution in [0.25, 0.3) is 0 Å². The second-order valence-electron chi connectivity index (χ2n) is 4.39. The summed E-state index contributed by atoms with van der Waals surface area (Å²) in [6, 6.07) is 0. The van der Waals surface area contributed by atoms with Gasteiger partial charge in [-0.1, -0.05) is 0 Å². The van der Waals surface area contributed by atoms with E-state index >= 15 is 0 Å². The van der Waals surface area contributed by atoms with Crippen LogP contribution in [0.15, 0.2) is 0 Å². The highest BCUT2D eigenvalue weighted by Gasteiger charge is 2.33. The van der Waals surface area contributed by atoms with Crippen molar-refractivity contribution >= 4 is 5.91 Å². The molecule has 4 heteroatoms. The quantitative estimate of drug-likeness (QED) is 0.685. The first-order valence-corrected chi connectivity index (χ1v) is 5.34. The fraction of sp³-hybridized carbons (Fsp3) is 0.900. The summed E-state index contributed by atoms with van der Waals surface area (Å²) in [6.45, 7) is 3.07. The van der Waals surface area contributed by atoms with Crippen LogP contribution in [-0.4, -0.2) is 42.6 Å². The predicted octanol–water partition coefficient (Wildman–Crippen LogP) is 0.117. The first-order chi connectivity index (χ1) is 6.70. The Morgan fingerprint density at radius 1 is 1.43 bits per heavy atom. The molecule has 2 heterocycles. The Morgan fingerprint density at radius 2 is 2.14 bits per heavy atom. The molecule has 0 spiro atoms. The van der Waals surface area contributed by atoms with Crippen molar-refractivity contribution in [1.29, 1.82) is 0 Å². The number of amides is 1. The molecular weight excluding hydrogens is 180 g/mol. The summed E-state index contributed by atoms with van der Waals surface area (Å²) in [6.07, 6.45) is 3.44. The summed E-state index contributed by atoms with van der Waals surface area (Å²) in [7, 11) is 0. The number of likely N-dealkylation sites (tertiary alicyclic amines) is 1. The Hall–Kier alpha value is -0.610. The third-order valence-corrected chi connectivity index (χ3v) is 3.17. The van der Waals surface area contributed by atoms with E-state index in [-0.39, 0.29) is 11.4 Å². The van der Waals surface area contributed by atoms with Crippen LogP contribution in [0.3, 0.4) is 0 Å². The zero-order valence-electron chi connectivity index (χ0n) is 8.50. The topological polar surface area (TPSA) is 55.6 Å². The van der Waals surface area contributed by atoms with Gasteiger partial charge < -0.3 is 15.4 Å². The number of nitrogens with zero attached hydrogens (tertiary/aromatic N) is 1. The summed E-state index contributed by atoms with van der Waals surface area (Å²) in [5.74, 6) is 0.265. The minimum absolute atomic E-state index is 0.196. The Kier molecular flexibility index (Phi) is 2.74. The highest BCUT2D eigenvalue weighted by atomic mass is 16.5. The van der Waals surface area contributed by atoms with Gasteiger partial charge >= 0.3 is 0 Å². The van der Waals surface area contributed by atoms with Gasteiger partial charge in [-0.3, -0.25) is 4.79 Å². The van der Waals surface area contributed by atoms with Crippen molar-refractivity contribution in [1.82, 2.24) is 4.90 Å². The molecule has 2 aliphatic rings. The van der Waals surface area contributed by atoms with E-state index in [2.05, 4.69) is 0 Å². The molecule has 0 aromatic rings. The van der Waals surface area contributed by atoms with Gasteiger partial charge in [0.1, 0.15) is 0 Å². The maximum atomic E-state index is 11.4. The monoisotopic (exact) mass is 198 g/mol. The molecule has 2 N–H and O–H groups in total. The normalized spacial score (nSPS) is 26.9. The summed E-state index contributed by atoms with van der Waals surface area (Å²) in [4.78, 5) is 13.3. The van der Waals surface area contributed by atoms with Gasteiger partial charge in [0.05, 0.1) is 0 Å². The Bertz CT molecular complexity index is 224. The Morgan fingerprint density at radius 3 is 2.71 bits per heavy atom. The molecule has 0 unspecified atom stereocenters. The van der Waals surface area contributed by atoms with Crippen molar-refractivity contribution in [3.63, 3.8) is 0 Å². The van der Waals surface area contributed by atoms with E-state index in [0.717, 1.165) is 45.6 Å². The van der Waals surface area contributed by atoms with Gasteiger partial charge in [-0.2, -0.15) is 0 Å². The molecule has 2 fully saturated rings. The molecule has 0 aromatic carbocycles. The highest BCUT2D eigenvalue weighted by Crippen LogP contribution is 2.21. The first-order valence-electron chi connectivity index (χ1n) is 5.34. The van der Waals surface area contributed by atoms with E-state index in [1.807, 2.05) is 4.90 Å². The number of nitrogens with two attached hydrogens (primary N) is 1. The number of hydrogen-bond donors (Lipinski definition) is 1. The zero-order valence-corrected chi connectivity index (χ0v) is 8.50. The van der Waals surface area contributed by atoms with E-state index in [1.165, 1.54) is 0 Å². The first kappa shape index (κ1) is 9.93. The average Bonchev–Trinajstić information content (AvgIpc) is 2.52. The van der Waals surface area contributed by atoms with Crippen LogP contribution in [0.2, 0.25) is 0 Å². The molecule has 2 saturated heterocycles. The van der Waals surface area contributed by atoms with Gasteiger partial charge in [0.25, 0.3) is 0 Å². The van der Waals surface area contributed by atoms with E-state index in [4.69, 9.17) is 10.5 Å². The lowest BCUT2D eigenvalue weighted by molar-refractivity contribution is -0.128. The SMILES string of the molecule is NC1(CN2CCCC2=O)CCOCC1. The van der Waals surface area contributed by atoms with Gasteiger partial charge in [0.2, 0.25) is 5.91 Å². The van der Waals surface area contributed by atoms with Gasteiger partial charge in [-0.15, -0.1) is 0 Å². The molecular formula is C10H18N2O2. The maximum absolute atomic E-state index is 11.4. The van der Waals surface area contributed by atoms with Gasteiger partial charge in [0.15, 0.2) is 0 Å². The van der Waals surface area contributed by atoms with Crippen molar-refractivity contribution in [2.75, 3.05) is 26.3 Å². The highest BCUT2D eigenvalue weighted by molar-refractivity contribution is 5.78. The summed E-state index contributed by atoms with van der Waals surface area (Å²) >= 11 is 0. The molecule has 4 nitrogen and oxygen atoms in total. The van der Waals surface area contributed by atoms with Crippen molar-refractivity contribution in [2.24, 2.45) is 5.73 Å². The molecule has 0 aliphatic carbocycles. The average molecular weight is 198 g/mol. The molecule has 0 radical (unpaired) electrons. The van der Waals surface area contributed by atoms with Gasteiger partial charge in [-0.25, -0.2) is 0 Å². The molecule has 0 atom stereocenters. The van der Waals surface area contributed by atoms with E-state index in [1.54, 1.807) is 0 Å². The number of ether oxygens (including phenoxy) is 1. The molecule has 0 bridgehead atoms. The molecule has 2 aliphatic heterocycles. The van der Waals surface area contributed by atoms with E-state index < -0.39 is 0 Å². The summed E-state index contributed by atoms with van der Waals surface area (Å²) in [5.41, 5.74) is 6.03. The molecule has 1 amide bonds. The fourth-order valence-corrected chi connectivity index (χ4v) is 2.19. The zero-order chi connectivity index (χ0) is 10.0. The lowest BCUT2D eigenvalue weighted by Crippen LogP contribution is -2.53. The smallest absolute Gasteiger partial charge is 0.222 e.